The van der Waals surface area contributed by atoms with Gasteiger partial charge in [-0.15, -0.1) is 0 Å². The summed E-state index contributed by atoms with van der Waals surface area (Å²) in [7, 11) is 3.18. The maximum absolute atomic E-state index is 14.1. The summed E-state index contributed by atoms with van der Waals surface area (Å²) in [4.78, 5) is 141. The van der Waals surface area contributed by atoms with Gasteiger partial charge in [-0.05, 0) is 109 Å². The summed E-state index contributed by atoms with van der Waals surface area (Å²) in [6, 6.07) is -3.41. The average molecular weight is 1770 g/mol. The van der Waals surface area contributed by atoms with Crippen LogP contribution in [0.25, 0.3) is 0 Å². The molecule has 0 radical (unpaired) electrons. The number of rotatable bonds is 65. The Balaban J connectivity index is 1.28. The number of hydrogen-bond donors (Lipinski definition) is 19. The van der Waals surface area contributed by atoms with E-state index in [2.05, 4.69) is 53.2 Å². The molecule has 17 atom stereocenters. The molecular formula is C81H145N11O31. The van der Waals surface area contributed by atoms with E-state index >= 15 is 0 Å². The van der Waals surface area contributed by atoms with Crippen LogP contribution in [0.1, 0.15) is 207 Å². The molecule has 0 aromatic rings. The Morgan fingerprint density at radius 2 is 0.724 bits per heavy atom. The standard InChI is InChI=1S/C81H145N11O31/c1-53(96)88-67-73(108)70(105)58(49-93)121-76(67)116-42-19-25-61(99)82-34-12-6-8-15-37-86-79(111)119-45-23-32-81(91-65(103)30-29-64(102)85-39-18-28-66(104)92-48-57(114-5)47-56(92)52-113-4,31-22-41-115-40-17-11-10-14-36-84-63(101)27-21-44-118-78-69(90-55(3)98)75(110)72(107)60(51-95)123-78)33-24-46-120-80(112)87-38-16-9-7-13-35-83-62(100)26-20-43-117-77-68(89-54(2)97)74(109)71(106)59(50-94)122-77/h56-60,67-78,93-95,105-110H,6-52H2,1-5H3,(H,82,99)(H,83,100)(H,84,101)(H,85,102)(H,86,111)(H,87,112)(H,88,96)(H,89,97)(H,90,98)(H,91,103)/t56-,57+,58?,59?,60?,67?,68?,69?,70?,71?,72?,73?,74?,75?,76?,77?,78?,81?/m1/s1. The highest BCUT2D eigenvalue weighted by Crippen LogP contribution is 2.30. The van der Waals surface area contributed by atoms with Gasteiger partial charge in [-0.25, -0.2) is 9.59 Å². The van der Waals surface area contributed by atoms with Gasteiger partial charge in [0.2, 0.25) is 53.2 Å². The minimum atomic E-state index is -1.46. The smallest absolute Gasteiger partial charge is 0.407 e. The van der Waals surface area contributed by atoms with Crippen molar-refractivity contribution < 1.29 is 151 Å². The van der Waals surface area contributed by atoms with Gasteiger partial charge in [0.15, 0.2) is 18.9 Å². The van der Waals surface area contributed by atoms with Gasteiger partial charge in [-0.3, -0.25) is 43.2 Å². The number of carbonyl (C=O) groups excluding carboxylic acids is 11. The molecule has 0 saturated carbocycles. The van der Waals surface area contributed by atoms with Gasteiger partial charge in [0.05, 0.1) is 71.6 Å². The third-order valence-electron chi connectivity index (χ3n) is 21.4. The molecule has 4 aliphatic heterocycles. The molecule has 15 unspecified atom stereocenters. The predicted octanol–water partition coefficient (Wildman–Crippen LogP) is -2.16. The number of ether oxygens (including phenoxy) is 11. The fraction of sp³-hybridized carbons (Fsp3) is 0.864. The number of alkyl carbamates (subject to hydrolysis) is 2. The number of amides is 11. The first-order valence-electron chi connectivity index (χ1n) is 43.7. The third kappa shape index (κ3) is 43.9. The summed E-state index contributed by atoms with van der Waals surface area (Å²) >= 11 is 0. The first kappa shape index (κ1) is 108. The van der Waals surface area contributed by atoms with Crippen LogP contribution < -0.4 is 53.2 Å². The predicted molar refractivity (Wildman–Crippen MR) is 438 cm³/mol. The number of aliphatic hydroxyl groups is 9. The first-order chi connectivity index (χ1) is 59.1. The number of carbonyl (C=O) groups is 11. The molecule has 0 aromatic heterocycles. The Labute approximate surface area is 720 Å². The van der Waals surface area contributed by atoms with Crippen LogP contribution in [0.5, 0.6) is 0 Å². The number of methoxy groups -OCH3 is 2. The molecule has 710 valence electrons. The Hall–Kier alpha value is -6.95. The molecule has 11 amide bonds. The largest absolute Gasteiger partial charge is 0.450 e. The Morgan fingerprint density at radius 3 is 1.09 bits per heavy atom. The summed E-state index contributed by atoms with van der Waals surface area (Å²) in [5, 5.41) is 119. The topological polar surface area (TPSA) is 595 Å². The lowest BCUT2D eigenvalue weighted by atomic mass is 9.83. The van der Waals surface area contributed by atoms with E-state index in [0.29, 0.717) is 143 Å². The van der Waals surface area contributed by atoms with Crippen LogP contribution in [0.4, 0.5) is 9.59 Å². The van der Waals surface area contributed by atoms with Crippen LogP contribution in [0.15, 0.2) is 0 Å². The van der Waals surface area contributed by atoms with Gasteiger partial charge in [0, 0.05) is 138 Å². The normalized spacial score (nSPS) is 24.9. The fourth-order valence-corrected chi connectivity index (χ4v) is 14.8. The van der Waals surface area contributed by atoms with E-state index < -0.39 is 153 Å². The molecular weight excluding hydrogens is 1620 g/mol. The zero-order chi connectivity index (χ0) is 90.3. The number of likely N-dealkylation sites (tertiary alicyclic amines) is 1. The van der Waals surface area contributed by atoms with Crippen molar-refractivity contribution in [3.63, 3.8) is 0 Å². The van der Waals surface area contributed by atoms with Crippen molar-refractivity contribution in [1.82, 2.24) is 58.1 Å². The highest BCUT2D eigenvalue weighted by atomic mass is 16.7. The Bertz CT molecular complexity index is 2950. The van der Waals surface area contributed by atoms with Gasteiger partial charge >= 0.3 is 12.2 Å². The second kappa shape index (κ2) is 63.1. The van der Waals surface area contributed by atoms with Crippen molar-refractivity contribution in [2.45, 2.75) is 317 Å². The van der Waals surface area contributed by atoms with Crippen LogP contribution in [-0.4, -0.2) is 359 Å². The minimum Gasteiger partial charge on any atom is -0.450 e. The van der Waals surface area contributed by atoms with Gasteiger partial charge in [0.1, 0.15) is 73.1 Å². The average Bonchev–Trinajstić information content (AvgIpc) is 1.02. The third-order valence-corrected chi connectivity index (χ3v) is 21.4. The molecule has 4 rings (SSSR count). The molecule has 42 nitrogen and oxygen atoms in total. The summed E-state index contributed by atoms with van der Waals surface area (Å²) < 4.78 is 62.0. The van der Waals surface area contributed by atoms with Crippen molar-refractivity contribution in [3.05, 3.63) is 0 Å². The molecule has 4 aliphatic rings. The summed E-state index contributed by atoms with van der Waals surface area (Å²) in [6.07, 6.45) is -4.36. The lowest BCUT2D eigenvalue weighted by Gasteiger charge is -2.42. The molecule has 0 aromatic carbocycles. The lowest BCUT2D eigenvalue weighted by Crippen LogP contribution is -2.64. The number of nitrogens with one attached hydrogen (secondary N) is 10. The molecule has 123 heavy (non-hydrogen) atoms. The van der Waals surface area contributed by atoms with E-state index in [1.165, 1.54) is 20.8 Å². The van der Waals surface area contributed by atoms with Crippen LogP contribution in [0.3, 0.4) is 0 Å². The van der Waals surface area contributed by atoms with Crippen LogP contribution >= 0.6 is 0 Å². The van der Waals surface area contributed by atoms with Gasteiger partial charge in [-0.1, -0.05) is 38.5 Å². The van der Waals surface area contributed by atoms with Crippen molar-refractivity contribution in [2.24, 2.45) is 0 Å². The first-order valence-corrected chi connectivity index (χ1v) is 43.7. The van der Waals surface area contributed by atoms with E-state index in [1.807, 2.05) is 0 Å². The zero-order valence-electron chi connectivity index (χ0n) is 72.5. The molecule has 4 saturated heterocycles. The van der Waals surface area contributed by atoms with E-state index in [-0.39, 0.29) is 139 Å². The maximum atomic E-state index is 14.1. The molecule has 42 heteroatoms. The van der Waals surface area contributed by atoms with Gasteiger partial charge in [-0.2, -0.15) is 0 Å². The van der Waals surface area contributed by atoms with E-state index in [4.69, 9.17) is 52.1 Å². The van der Waals surface area contributed by atoms with Crippen LogP contribution in [-0.2, 0) is 95.3 Å². The molecule has 19 N–H and O–H groups in total. The van der Waals surface area contributed by atoms with E-state index in [1.54, 1.807) is 19.1 Å². The van der Waals surface area contributed by atoms with E-state index in [9.17, 15) is 98.7 Å². The van der Waals surface area contributed by atoms with Gasteiger partial charge < -0.3 is 156 Å². The van der Waals surface area contributed by atoms with Gasteiger partial charge in [0.25, 0.3) is 0 Å². The molecule has 0 spiro atoms. The van der Waals surface area contributed by atoms with Crippen molar-refractivity contribution in [1.29, 1.82) is 0 Å². The second-order valence-electron chi connectivity index (χ2n) is 31.6. The van der Waals surface area contributed by atoms with E-state index in [0.717, 1.165) is 44.9 Å². The van der Waals surface area contributed by atoms with Crippen molar-refractivity contribution in [3.8, 4) is 0 Å². The summed E-state index contributed by atoms with van der Waals surface area (Å²) in [5.74, 6) is -3.00. The highest BCUT2D eigenvalue weighted by molar-refractivity contribution is 5.84. The second-order valence-corrected chi connectivity index (χ2v) is 31.6. The number of unbranched alkanes of at least 4 members (excludes halogenated alkanes) is 9. The van der Waals surface area contributed by atoms with Crippen molar-refractivity contribution in [2.75, 3.05) is 133 Å². The molecule has 4 fully saturated rings. The van der Waals surface area contributed by atoms with Crippen LogP contribution in [0.2, 0.25) is 0 Å². The quantitative estimate of drug-likeness (QED) is 0.0288. The zero-order valence-corrected chi connectivity index (χ0v) is 72.5. The Morgan fingerprint density at radius 1 is 0.382 bits per heavy atom. The molecule has 4 heterocycles. The minimum absolute atomic E-state index is 0.0261. The number of aliphatic hydroxyl groups excluding tert-OH is 9. The highest BCUT2D eigenvalue weighted by Gasteiger charge is 2.48. The lowest BCUT2D eigenvalue weighted by molar-refractivity contribution is -0.270. The van der Waals surface area contributed by atoms with Crippen molar-refractivity contribution >= 4 is 65.4 Å². The maximum Gasteiger partial charge on any atom is 0.407 e. The summed E-state index contributed by atoms with van der Waals surface area (Å²) in [5.41, 5.74) is -0.967. The molecule has 0 bridgehead atoms. The Kier molecular flexibility index (Phi) is 55.6. The monoisotopic (exact) mass is 1770 g/mol. The number of hydrogen-bond acceptors (Lipinski definition) is 31. The summed E-state index contributed by atoms with van der Waals surface area (Å²) in [6.45, 7) is 5.59. The fourth-order valence-electron chi connectivity index (χ4n) is 14.8. The SMILES string of the molecule is COC[C@H]1C[C@H](OC)CN1C(=O)CCCNC(=O)CCC(=O)NC(CCCOCCCCCCNC(=O)CCCOC1OC(CO)C(O)C(O)C1NC(C)=O)(CCCOC(=O)NCCCCCCNC(=O)CCCOC1OC(CO)C(O)C(O)C1NC(C)=O)CCCOC(=O)NCCCCCCNC(=O)CCCOC1OC(CO)C(O)C(O)C1NC(C)=O. The van der Waals surface area contributed by atoms with Crippen LogP contribution in [0, 0.1) is 0 Å². The molecule has 0 aliphatic carbocycles. The number of nitrogens with zero attached hydrogens (tertiary/aromatic N) is 1.